The van der Waals surface area contributed by atoms with E-state index in [0.717, 1.165) is 84.0 Å². The first-order chi connectivity index (χ1) is 28.4. The van der Waals surface area contributed by atoms with E-state index in [2.05, 4.69) is 63.6 Å². The van der Waals surface area contributed by atoms with E-state index in [1.807, 2.05) is 54.6 Å². The fourth-order valence-corrected chi connectivity index (χ4v) is 11.9. The van der Waals surface area contributed by atoms with Crippen LogP contribution in [0.3, 0.4) is 0 Å². The highest BCUT2D eigenvalue weighted by atomic mass is 32.1. The number of fused-ring (bicyclic) bond motifs is 10. The van der Waals surface area contributed by atoms with Gasteiger partial charge in [-0.05, 0) is 53.9 Å². The molecule has 0 spiro atoms. The first-order valence-electron chi connectivity index (χ1n) is 18.6. The van der Waals surface area contributed by atoms with Gasteiger partial charge in [0.05, 0.1) is 44.9 Å². The number of nitriles is 1. The van der Waals surface area contributed by atoms with E-state index in [-0.39, 0.29) is 16.3 Å². The number of nitrogens with zero attached hydrogens (tertiary/aromatic N) is 3. The molecule has 272 valence electrons. The van der Waals surface area contributed by atoms with E-state index in [1.54, 1.807) is 35.6 Å². The van der Waals surface area contributed by atoms with Crippen LogP contribution in [-0.4, -0.2) is 8.97 Å². The van der Waals surface area contributed by atoms with E-state index >= 15 is 17.6 Å². The predicted octanol–water partition coefficient (Wildman–Crippen LogP) is 14.8. The number of hydrogen-bond acceptors (Lipinski definition) is 3. The molecule has 0 radical (unpaired) electrons. The highest BCUT2D eigenvalue weighted by Crippen LogP contribution is 2.47. The molecule has 0 aliphatic heterocycles. The number of thiophene rings is 2. The molecular formula is C49H21F4N3S2. The van der Waals surface area contributed by atoms with E-state index in [4.69, 9.17) is 0 Å². The maximum atomic E-state index is 16.7. The monoisotopic (exact) mass is 791 g/mol. The summed E-state index contributed by atoms with van der Waals surface area (Å²) < 4.78 is 72.3. The van der Waals surface area contributed by atoms with Gasteiger partial charge in [0.15, 0.2) is 23.3 Å². The van der Waals surface area contributed by atoms with Gasteiger partial charge in [-0.3, -0.25) is 0 Å². The third-order valence-electron chi connectivity index (χ3n) is 12.0. The third-order valence-corrected chi connectivity index (χ3v) is 14.2. The molecule has 3 nitrogen and oxygen atoms in total. The fraction of sp³-hybridized carbons (Fsp3) is 0. The van der Waals surface area contributed by atoms with Crippen LogP contribution in [0.25, 0.3) is 117 Å². The van der Waals surface area contributed by atoms with Crippen molar-refractivity contribution in [3.8, 4) is 11.8 Å². The third kappa shape index (κ3) is 3.86. The van der Waals surface area contributed by atoms with Crippen LogP contribution in [0.1, 0.15) is 5.56 Å². The summed E-state index contributed by atoms with van der Waals surface area (Å²) in [7, 11) is 0. The minimum absolute atomic E-state index is 0.0302. The highest BCUT2D eigenvalue weighted by molar-refractivity contribution is 7.26. The summed E-state index contributed by atoms with van der Waals surface area (Å²) in [6.45, 7) is 0. The lowest BCUT2D eigenvalue weighted by Gasteiger charge is -2.16. The average Bonchev–Trinajstić information content (AvgIpc) is 4.00. The van der Waals surface area contributed by atoms with E-state index in [9.17, 15) is 5.26 Å². The molecule has 6 bridgehead atoms. The van der Waals surface area contributed by atoms with Crippen LogP contribution in [0, 0.1) is 34.6 Å². The predicted molar refractivity (Wildman–Crippen MR) is 232 cm³/mol. The smallest absolute Gasteiger partial charge is 0.198 e. The van der Waals surface area contributed by atoms with Gasteiger partial charge >= 0.3 is 0 Å². The second kappa shape index (κ2) is 11.1. The quantitative estimate of drug-likeness (QED) is 0.0926. The van der Waals surface area contributed by atoms with Gasteiger partial charge in [0.1, 0.15) is 0 Å². The van der Waals surface area contributed by atoms with Crippen molar-refractivity contribution < 1.29 is 17.6 Å². The van der Waals surface area contributed by atoms with Gasteiger partial charge in [0.2, 0.25) is 0 Å². The average molecular weight is 792 g/mol. The van der Waals surface area contributed by atoms with Gasteiger partial charge in [0.25, 0.3) is 0 Å². The SMILES string of the molecule is N#Cc1cc(-n2c3ccccc3c3ccc4sc5ccccc5c4c32)c2cc1c1c(F)c(F)c(F)c(F)c1c1ccc3c(c1)sc1ccc4c5ccccc5n2c4c13. The second-order valence-electron chi connectivity index (χ2n) is 14.8. The lowest BCUT2D eigenvalue weighted by Crippen LogP contribution is -2.02. The largest absolute Gasteiger partial charge is 0.306 e. The van der Waals surface area contributed by atoms with E-state index < -0.39 is 34.0 Å². The van der Waals surface area contributed by atoms with Gasteiger partial charge < -0.3 is 8.97 Å². The summed E-state index contributed by atoms with van der Waals surface area (Å²) in [5.74, 6) is -6.94. The first-order valence-corrected chi connectivity index (χ1v) is 20.2. The Morgan fingerprint density at radius 2 is 1.02 bits per heavy atom. The Bertz CT molecular complexity index is 4110. The number of hydrogen-bond donors (Lipinski definition) is 0. The standard InChI is InChI=1S/C49H21F4N3S2/c50-44-40-23-13-14-30-39(20-23)58-38-18-16-28-26-8-2-5-11-33(26)56(49(28)42(30)38)35-21-31(43(40)45(51)47(53)46(44)52)24(22-54)19-34(35)55-32-10-4-1-7-25(32)27-15-17-37-41(48(27)55)29-9-3-6-12-36(29)57-37/h1-21H. The molecule has 0 N–H and O–H groups in total. The Labute approximate surface area is 332 Å². The first kappa shape index (κ1) is 32.1. The Hall–Kier alpha value is -6.99. The molecule has 14 aromatic rings. The zero-order chi connectivity index (χ0) is 38.7. The summed E-state index contributed by atoms with van der Waals surface area (Å²) >= 11 is 3.20. The molecule has 0 aliphatic carbocycles. The minimum Gasteiger partial charge on any atom is -0.306 e. The molecule has 6 heterocycles. The number of benzene rings is 8. The van der Waals surface area contributed by atoms with Crippen molar-refractivity contribution in [3.63, 3.8) is 0 Å². The molecule has 8 aromatic carbocycles. The Kier molecular flexibility index (Phi) is 6.15. The van der Waals surface area contributed by atoms with E-state index in [1.165, 1.54) is 11.3 Å². The van der Waals surface area contributed by atoms with E-state index in [0.29, 0.717) is 11.2 Å². The lowest BCUT2D eigenvalue weighted by atomic mass is 9.98. The molecular weight excluding hydrogens is 771 g/mol. The summed E-state index contributed by atoms with van der Waals surface area (Å²) in [4.78, 5) is 0. The molecule has 6 aromatic heterocycles. The number of aromatic nitrogens is 2. The van der Waals surface area contributed by atoms with Gasteiger partial charge in [-0.1, -0.05) is 78.9 Å². The van der Waals surface area contributed by atoms with Crippen molar-refractivity contribution in [1.82, 2.24) is 8.97 Å². The van der Waals surface area contributed by atoms with Crippen LogP contribution in [0.4, 0.5) is 17.6 Å². The Balaban J connectivity index is 1.41. The summed E-state index contributed by atoms with van der Waals surface area (Å²) in [5, 5.41) is 18.2. The lowest BCUT2D eigenvalue weighted by molar-refractivity contribution is 0.418. The Morgan fingerprint density at radius 3 is 1.78 bits per heavy atom. The van der Waals surface area contributed by atoms with Crippen molar-refractivity contribution in [2.75, 3.05) is 0 Å². The van der Waals surface area contributed by atoms with Crippen LogP contribution in [-0.2, 0) is 0 Å². The van der Waals surface area contributed by atoms with Crippen LogP contribution in [0.5, 0.6) is 0 Å². The fourth-order valence-electron chi connectivity index (χ4n) is 9.63. The maximum Gasteiger partial charge on any atom is 0.198 e. The van der Waals surface area contributed by atoms with Crippen LogP contribution >= 0.6 is 22.7 Å². The molecule has 0 atom stereocenters. The van der Waals surface area contributed by atoms with Gasteiger partial charge in [-0.15, -0.1) is 22.7 Å². The summed E-state index contributed by atoms with van der Waals surface area (Å²) in [5.41, 5.74) is 4.69. The minimum atomic E-state index is -1.94. The van der Waals surface area contributed by atoms with Crippen LogP contribution in [0.2, 0.25) is 0 Å². The number of para-hydroxylation sites is 2. The molecule has 0 saturated carbocycles. The van der Waals surface area contributed by atoms with Gasteiger partial charge in [0, 0.05) is 78.0 Å². The molecule has 0 amide bonds. The second-order valence-corrected chi connectivity index (χ2v) is 17.0. The Morgan fingerprint density at radius 1 is 0.431 bits per heavy atom. The summed E-state index contributed by atoms with van der Waals surface area (Å²) in [6, 6.07) is 43.7. The normalized spacial score (nSPS) is 12.5. The molecule has 14 rings (SSSR count). The van der Waals surface area contributed by atoms with Gasteiger partial charge in [-0.25, -0.2) is 17.6 Å². The molecule has 0 unspecified atom stereocenters. The zero-order valence-corrected chi connectivity index (χ0v) is 31.4. The number of rotatable bonds is 1. The molecule has 9 heteroatoms. The summed E-state index contributed by atoms with van der Waals surface area (Å²) in [6.07, 6.45) is 0. The maximum absolute atomic E-state index is 16.7. The molecule has 0 saturated heterocycles. The molecule has 0 fully saturated rings. The van der Waals surface area contributed by atoms with Crippen LogP contribution < -0.4 is 0 Å². The topological polar surface area (TPSA) is 33.1 Å². The molecule has 0 aliphatic rings. The molecule has 58 heavy (non-hydrogen) atoms. The highest BCUT2D eigenvalue weighted by Gasteiger charge is 2.27. The van der Waals surface area contributed by atoms with Crippen LogP contribution in [0.15, 0.2) is 127 Å². The van der Waals surface area contributed by atoms with Crippen molar-refractivity contribution in [2.45, 2.75) is 0 Å². The number of halogens is 4. The van der Waals surface area contributed by atoms with Crippen molar-refractivity contribution >= 4 is 134 Å². The van der Waals surface area contributed by atoms with Crippen molar-refractivity contribution in [2.24, 2.45) is 0 Å². The van der Waals surface area contributed by atoms with Crippen molar-refractivity contribution in [3.05, 3.63) is 156 Å². The van der Waals surface area contributed by atoms with Gasteiger partial charge in [-0.2, -0.15) is 5.26 Å². The zero-order valence-electron chi connectivity index (χ0n) is 29.8. The van der Waals surface area contributed by atoms with Crippen molar-refractivity contribution in [1.29, 1.82) is 5.26 Å².